The van der Waals surface area contributed by atoms with Gasteiger partial charge in [-0.15, -0.1) is 0 Å². The molecule has 0 bridgehead atoms. The van der Waals surface area contributed by atoms with E-state index in [2.05, 4.69) is 13.8 Å². The molecule has 1 amide bonds. The van der Waals surface area contributed by atoms with E-state index in [1.165, 1.54) is 0 Å². The van der Waals surface area contributed by atoms with Crippen molar-refractivity contribution >= 4 is 11.7 Å². The zero-order valence-corrected chi connectivity index (χ0v) is 8.88. The molecule has 2 aliphatic rings. The first-order valence-corrected chi connectivity index (χ1v) is 5.29. The third-order valence-corrected chi connectivity index (χ3v) is 3.40. The minimum absolute atomic E-state index is 0.0395. The Labute approximate surface area is 84.5 Å². The molecule has 0 spiro atoms. The number of amides is 1. The summed E-state index contributed by atoms with van der Waals surface area (Å²) < 4.78 is 0. The van der Waals surface area contributed by atoms with Crippen LogP contribution in [0.4, 0.5) is 0 Å². The molecule has 3 heteroatoms. The third kappa shape index (κ3) is 1.68. The molecule has 3 nitrogen and oxygen atoms in total. The Morgan fingerprint density at radius 2 is 2.07 bits per heavy atom. The van der Waals surface area contributed by atoms with Crippen molar-refractivity contribution in [3.8, 4) is 0 Å². The van der Waals surface area contributed by atoms with Crippen LogP contribution in [0.1, 0.15) is 39.5 Å². The molecule has 0 aromatic heterocycles. The first kappa shape index (κ1) is 9.69. The number of nitrogens with zero attached hydrogens (tertiary/aromatic N) is 1. The number of hydrogen-bond donors (Lipinski definition) is 0. The van der Waals surface area contributed by atoms with Crippen LogP contribution in [-0.2, 0) is 9.59 Å². The summed E-state index contributed by atoms with van der Waals surface area (Å²) in [4.78, 5) is 24.4. The van der Waals surface area contributed by atoms with Gasteiger partial charge in [0, 0.05) is 6.04 Å². The van der Waals surface area contributed by atoms with Crippen LogP contribution < -0.4 is 0 Å². The van der Waals surface area contributed by atoms with E-state index in [1.807, 2.05) is 0 Å². The van der Waals surface area contributed by atoms with Crippen LogP contribution in [0.15, 0.2) is 0 Å². The Kier molecular flexibility index (Phi) is 2.13. The van der Waals surface area contributed by atoms with E-state index >= 15 is 0 Å². The highest BCUT2D eigenvalue weighted by atomic mass is 16.2. The fourth-order valence-corrected chi connectivity index (χ4v) is 2.60. The number of carbonyl (C=O) groups is 2. The van der Waals surface area contributed by atoms with Crippen molar-refractivity contribution in [2.75, 3.05) is 6.54 Å². The highest BCUT2D eigenvalue weighted by Gasteiger charge is 2.39. The van der Waals surface area contributed by atoms with Crippen molar-refractivity contribution in [1.29, 1.82) is 0 Å². The first-order valence-electron chi connectivity index (χ1n) is 5.29. The molecule has 2 rings (SSSR count). The summed E-state index contributed by atoms with van der Waals surface area (Å²) in [6, 6.07) is 0.323. The van der Waals surface area contributed by atoms with Gasteiger partial charge < -0.3 is 4.90 Å². The van der Waals surface area contributed by atoms with Gasteiger partial charge in [-0.25, -0.2) is 0 Å². The Hall–Kier alpha value is -0.860. The van der Waals surface area contributed by atoms with Crippen molar-refractivity contribution in [1.82, 2.24) is 4.90 Å². The molecule has 0 radical (unpaired) electrons. The minimum Gasteiger partial charge on any atom is -0.332 e. The maximum absolute atomic E-state index is 11.5. The van der Waals surface area contributed by atoms with Crippen molar-refractivity contribution < 1.29 is 9.59 Å². The van der Waals surface area contributed by atoms with Gasteiger partial charge in [0.2, 0.25) is 5.91 Å². The van der Waals surface area contributed by atoms with Crippen LogP contribution >= 0.6 is 0 Å². The fraction of sp³-hybridized carbons (Fsp3) is 0.818. The molecule has 1 unspecified atom stereocenters. The monoisotopic (exact) mass is 195 g/mol. The summed E-state index contributed by atoms with van der Waals surface area (Å²) in [6.07, 6.45) is 3.41. The van der Waals surface area contributed by atoms with Crippen LogP contribution in [0.25, 0.3) is 0 Å². The second kappa shape index (κ2) is 3.07. The number of carbonyl (C=O) groups excluding carboxylic acids is 2. The predicted molar refractivity (Wildman–Crippen MR) is 52.8 cm³/mol. The molecule has 1 aliphatic heterocycles. The molecule has 2 fully saturated rings. The normalized spacial score (nSPS) is 31.6. The average Bonchev–Trinajstić information content (AvgIpc) is 2.55. The number of likely N-dealkylation sites (tertiary alicyclic amines) is 1. The van der Waals surface area contributed by atoms with E-state index in [-0.39, 0.29) is 18.1 Å². The van der Waals surface area contributed by atoms with E-state index in [0.717, 1.165) is 19.3 Å². The summed E-state index contributed by atoms with van der Waals surface area (Å²) in [6.45, 7) is 4.82. The van der Waals surface area contributed by atoms with Gasteiger partial charge in [0.05, 0.1) is 13.0 Å². The smallest absolute Gasteiger partial charge is 0.230 e. The lowest BCUT2D eigenvalue weighted by atomic mass is 9.91. The average molecular weight is 195 g/mol. The van der Waals surface area contributed by atoms with E-state index in [4.69, 9.17) is 0 Å². The Morgan fingerprint density at radius 3 is 2.50 bits per heavy atom. The molecule has 0 aromatic rings. The first-order chi connectivity index (χ1) is 6.48. The molecule has 78 valence electrons. The summed E-state index contributed by atoms with van der Waals surface area (Å²) in [7, 11) is 0. The zero-order chi connectivity index (χ0) is 10.3. The van der Waals surface area contributed by atoms with Crippen LogP contribution in [0.2, 0.25) is 0 Å². The van der Waals surface area contributed by atoms with Gasteiger partial charge in [-0.05, 0) is 24.7 Å². The Bertz CT molecular complexity index is 283. The summed E-state index contributed by atoms with van der Waals surface area (Å²) in [5, 5.41) is 0. The summed E-state index contributed by atoms with van der Waals surface area (Å²) >= 11 is 0. The van der Waals surface area contributed by atoms with Gasteiger partial charge in [0.15, 0.2) is 5.78 Å². The standard InChI is InChI=1S/C11H17NO2/c1-11(2)4-3-8(6-11)12-7-9(13)5-10(12)14/h8H,3-7H2,1-2H3. The predicted octanol–water partition coefficient (Wildman–Crippen LogP) is 1.37. The van der Waals surface area contributed by atoms with E-state index in [9.17, 15) is 9.59 Å². The number of rotatable bonds is 1. The molecule has 1 heterocycles. The lowest BCUT2D eigenvalue weighted by molar-refractivity contribution is -0.129. The van der Waals surface area contributed by atoms with Gasteiger partial charge in [-0.2, -0.15) is 0 Å². The molecule has 0 N–H and O–H groups in total. The van der Waals surface area contributed by atoms with Crippen molar-refractivity contribution in [2.45, 2.75) is 45.6 Å². The SMILES string of the molecule is CC1(C)CCC(N2CC(=O)CC2=O)C1. The van der Waals surface area contributed by atoms with Crippen LogP contribution in [0, 0.1) is 5.41 Å². The van der Waals surface area contributed by atoms with Crippen LogP contribution in [-0.4, -0.2) is 29.2 Å². The molecule has 1 saturated carbocycles. The number of hydrogen-bond acceptors (Lipinski definition) is 2. The number of Topliss-reactive ketones (excluding diaryl/α,β-unsaturated/α-hetero) is 1. The lowest BCUT2D eigenvalue weighted by Gasteiger charge is -2.24. The molecule has 1 saturated heterocycles. The zero-order valence-electron chi connectivity index (χ0n) is 8.88. The molecular formula is C11H17NO2. The Morgan fingerprint density at radius 1 is 1.36 bits per heavy atom. The molecule has 0 aromatic carbocycles. The maximum atomic E-state index is 11.5. The van der Waals surface area contributed by atoms with Crippen molar-refractivity contribution in [3.63, 3.8) is 0 Å². The molecule has 14 heavy (non-hydrogen) atoms. The van der Waals surface area contributed by atoms with Gasteiger partial charge in [-0.3, -0.25) is 9.59 Å². The summed E-state index contributed by atoms with van der Waals surface area (Å²) in [5.41, 5.74) is 0.344. The minimum atomic E-state index is 0.0395. The fourth-order valence-electron chi connectivity index (χ4n) is 2.60. The topological polar surface area (TPSA) is 37.4 Å². The Balaban J connectivity index is 2.04. The van der Waals surface area contributed by atoms with E-state index < -0.39 is 0 Å². The van der Waals surface area contributed by atoms with Gasteiger partial charge in [-0.1, -0.05) is 13.8 Å². The quantitative estimate of drug-likeness (QED) is 0.592. The largest absolute Gasteiger partial charge is 0.332 e. The molecular weight excluding hydrogens is 178 g/mol. The van der Waals surface area contributed by atoms with Crippen molar-refractivity contribution in [3.05, 3.63) is 0 Å². The second-order valence-electron chi connectivity index (χ2n) is 5.30. The summed E-state index contributed by atoms with van der Waals surface area (Å²) in [5.74, 6) is 0.123. The highest BCUT2D eigenvalue weighted by molar-refractivity contribution is 6.05. The van der Waals surface area contributed by atoms with Gasteiger partial charge in [0.25, 0.3) is 0 Å². The molecule has 1 atom stereocenters. The second-order valence-corrected chi connectivity index (χ2v) is 5.30. The van der Waals surface area contributed by atoms with Gasteiger partial charge >= 0.3 is 0 Å². The third-order valence-electron chi connectivity index (χ3n) is 3.40. The van der Waals surface area contributed by atoms with Gasteiger partial charge in [0.1, 0.15) is 0 Å². The van der Waals surface area contributed by atoms with Crippen LogP contribution in [0.5, 0.6) is 0 Å². The van der Waals surface area contributed by atoms with Crippen molar-refractivity contribution in [2.24, 2.45) is 5.41 Å². The van der Waals surface area contributed by atoms with E-state index in [1.54, 1.807) is 4.90 Å². The molecule has 1 aliphatic carbocycles. The lowest BCUT2D eigenvalue weighted by Crippen LogP contribution is -2.35. The van der Waals surface area contributed by atoms with Crippen LogP contribution in [0.3, 0.4) is 0 Å². The number of ketones is 1. The highest BCUT2D eigenvalue weighted by Crippen LogP contribution is 2.40. The maximum Gasteiger partial charge on any atom is 0.230 e. The van der Waals surface area contributed by atoms with E-state index in [0.29, 0.717) is 18.0 Å².